The van der Waals surface area contributed by atoms with Gasteiger partial charge in [-0.15, -0.1) is 0 Å². The molecule has 4 aromatic rings. The maximum absolute atomic E-state index is 14.3. The van der Waals surface area contributed by atoms with Gasteiger partial charge >= 0.3 is 0 Å². The molecule has 6 nitrogen and oxygen atoms in total. The Morgan fingerprint density at radius 1 is 0.833 bits per heavy atom. The van der Waals surface area contributed by atoms with Gasteiger partial charge in [0.1, 0.15) is 11.9 Å². The van der Waals surface area contributed by atoms with E-state index >= 15 is 0 Å². The van der Waals surface area contributed by atoms with Crippen LogP contribution in [0.3, 0.4) is 0 Å². The van der Waals surface area contributed by atoms with Gasteiger partial charge < -0.3 is 14.8 Å². The Labute approximate surface area is 249 Å². The number of hydrogen-bond acceptors (Lipinski definition) is 4. The lowest BCUT2D eigenvalue weighted by Gasteiger charge is -2.34. The normalized spacial score (nSPS) is 19.2. The van der Waals surface area contributed by atoms with Crippen LogP contribution < -0.4 is 5.32 Å². The smallest absolute Gasteiger partial charge is 0.245 e. The zero-order valence-electron chi connectivity index (χ0n) is 24.3. The molecule has 1 aliphatic heterocycles. The number of benzene rings is 3. The first-order chi connectivity index (χ1) is 20.8. The predicted octanol–water partition coefficient (Wildman–Crippen LogP) is 6.25. The SMILES string of the molecule is O=C(NC1CCCCC1)C1C(Cc2ccccc2)N=C(C(c2ccccc2)c2ccccc2)N1CCCn1ccnc1. The predicted molar refractivity (Wildman–Crippen MR) is 168 cm³/mol. The summed E-state index contributed by atoms with van der Waals surface area (Å²) in [4.78, 5) is 26.4. The van der Waals surface area contributed by atoms with E-state index in [0.717, 1.165) is 44.6 Å². The lowest BCUT2D eigenvalue weighted by atomic mass is 9.89. The molecule has 0 radical (unpaired) electrons. The fourth-order valence-electron chi connectivity index (χ4n) is 6.65. The average molecular weight is 560 g/mol. The van der Waals surface area contributed by atoms with Crippen LogP contribution in [-0.2, 0) is 17.8 Å². The second kappa shape index (κ2) is 13.6. The number of aliphatic imine (C=N–C) groups is 1. The van der Waals surface area contributed by atoms with Gasteiger partial charge in [-0.05, 0) is 42.4 Å². The molecule has 2 atom stereocenters. The monoisotopic (exact) mass is 559 g/mol. The number of hydrogen-bond donors (Lipinski definition) is 1. The van der Waals surface area contributed by atoms with Gasteiger partial charge in [-0.2, -0.15) is 0 Å². The summed E-state index contributed by atoms with van der Waals surface area (Å²) >= 11 is 0. The first-order valence-corrected chi connectivity index (χ1v) is 15.5. The van der Waals surface area contributed by atoms with E-state index < -0.39 is 0 Å². The van der Waals surface area contributed by atoms with Crippen LogP contribution in [-0.4, -0.2) is 50.9 Å². The highest BCUT2D eigenvalue weighted by atomic mass is 16.2. The molecule has 1 aliphatic carbocycles. The van der Waals surface area contributed by atoms with E-state index in [4.69, 9.17) is 4.99 Å². The van der Waals surface area contributed by atoms with Crippen molar-refractivity contribution in [2.24, 2.45) is 4.99 Å². The van der Waals surface area contributed by atoms with Crippen LogP contribution in [0.25, 0.3) is 0 Å². The van der Waals surface area contributed by atoms with Crippen molar-refractivity contribution in [2.45, 2.75) is 75.5 Å². The Bertz CT molecular complexity index is 1380. The zero-order valence-corrected chi connectivity index (χ0v) is 24.3. The van der Waals surface area contributed by atoms with Gasteiger partial charge in [0.2, 0.25) is 5.91 Å². The maximum atomic E-state index is 14.3. The molecule has 2 unspecified atom stereocenters. The van der Waals surface area contributed by atoms with E-state index in [2.05, 4.69) is 105 Å². The van der Waals surface area contributed by atoms with E-state index in [0.29, 0.717) is 0 Å². The van der Waals surface area contributed by atoms with Gasteiger partial charge in [0, 0.05) is 31.5 Å². The summed E-state index contributed by atoms with van der Waals surface area (Å²) in [5, 5.41) is 3.48. The van der Waals surface area contributed by atoms with Gasteiger partial charge in [-0.25, -0.2) is 4.98 Å². The van der Waals surface area contributed by atoms with Crippen molar-refractivity contribution in [2.75, 3.05) is 6.54 Å². The summed E-state index contributed by atoms with van der Waals surface area (Å²) in [5.74, 6) is 1.04. The minimum atomic E-state index is -0.361. The van der Waals surface area contributed by atoms with Crippen molar-refractivity contribution in [1.29, 1.82) is 0 Å². The van der Waals surface area contributed by atoms with Gasteiger partial charge in [0.25, 0.3) is 0 Å². The van der Waals surface area contributed by atoms with Crippen LogP contribution in [0.5, 0.6) is 0 Å². The molecule has 2 heterocycles. The quantitative estimate of drug-likeness (QED) is 0.236. The summed E-state index contributed by atoms with van der Waals surface area (Å²) in [6.45, 7) is 1.58. The molecule has 0 saturated heterocycles. The number of aryl methyl sites for hydroxylation is 1. The zero-order chi connectivity index (χ0) is 28.6. The molecule has 1 fully saturated rings. The van der Waals surface area contributed by atoms with Crippen LogP contribution in [0.15, 0.2) is 115 Å². The maximum Gasteiger partial charge on any atom is 0.245 e. The van der Waals surface area contributed by atoms with Crippen LogP contribution in [0.4, 0.5) is 0 Å². The third-order valence-electron chi connectivity index (χ3n) is 8.70. The topological polar surface area (TPSA) is 62.5 Å². The highest BCUT2D eigenvalue weighted by molar-refractivity contribution is 5.99. The molecule has 3 aromatic carbocycles. The molecule has 6 rings (SSSR count). The second-order valence-electron chi connectivity index (χ2n) is 11.6. The molecule has 1 N–H and O–H groups in total. The first kappa shape index (κ1) is 28.0. The standard InChI is InChI=1S/C36H41N5O/c42-36(38-31-20-11-4-12-21-31)34-32(26-28-14-5-1-6-15-28)39-35(41(34)24-13-23-40-25-22-37-27-40)33(29-16-7-2-8-17-29)30-18-9-3-10-19-30/h1-3,5-10,14-19,22,25,27,31-34H,4,11-13,20-21,23-24,26H2,(H,38,42). The lowest BCUT2D eigenvalue weighted by molar-refractivity contribution is -0.126. The molecule has 6 heteroatoms. The number of amides is 1. The number of imidazole rings is 1. The molecule has 216 valence electrons. The Morgan fingerprint density at radius 3 is 2.10 bits per heavy atom. The molecule has 42 heavy (non-hydrogen) atoms. The Hall–Kier alpha value is -4.19. The largest absolute Gasteiger partial charge is 0.352 e. The number of aromatic nitrogens is 2. The third-order valence-corrected chi connectivity index (χ3v) is 8.70. The Balaban J connectivity index is 1.39. The van der Waals surface area contributed by atoms with Gasteiger partial charge in [0.05, 0.1) is 18.3 Å². The Kier molecular flexibility index (Phi) is 9.08. The summed E-state index contributed by atoms with van der Waals surface area (Å²) in [6, 6.07) is 31.5. The van der Waals surface area contributed by atoms with Gasteiger partial charge in [0.15, 0.2) is 0 Å². The van der Waals surface area contributed by atoms with Crippen molar-refractivity contribution in [3.8, 4) is 0 Å². The van der Waals surface area contributed by atoms with E-state index in [1.54, 1.807) is 0 Å². The van der Waals surface area contributed by atoms with Crippen molar-refractivity contribution in [3.05, 3.63) is 126 Å². The van der Waals surface area contributed by atoms with Crippen molar-refractivity contribution < 1.29 is 4.79 Å². The minimum Gasteiger partial charge on any atom is -0.352 e. The molecule has 1 saturated carbocycles. The minimum absolute atomic E-state index is 0.0635. The fraction of sp³-hybridized carbons (Fsp3) is 0.361. The number of carbonyl (C=O) groups excluding carboxylic acids is 1. The number of rotatable bonds is 11. The number of nitrogens with zero attached hydrogens (tertiary/aromatic N) is 4. The summed E-state index contributed by atoms with van der Waals surface area (Å²) in [6.07, 6.45) is 13.0. The highest BCUT2D eigenvalue weighted by Crippen LogP contribution is 2.34. The molecule has 0 bridgehead atoms. The number of carbonyl (C=O) groups is 1. The molecule has 1 aromatic heterocycles. The molecule has 2 aliphatic rings. The van der Waals surface area contributed by atoms with E-state index in [9.17, 15) is 4.79 Å². The molecule has 1 amide bonds. The third kappa shape index (κ3) is 6.64. The van der Waals surface area contributed by atoms with Crippen LogP contribution in [0.1, 0.15) is 61.1 Å². The van der Waals surface area contributed by atoms with Crippen molar-refractivity contribution in [3.63, 3.8) is 0 Å². The Morgan fingerprint density at radius 2 is 1.48 bits per heavy atom. The summed E-state index contributed by atoms with van der Waals surface area (Å²) in [5.41, 5.74) is 3.58. The number of nitrogens with one attached hydrogen (secondary N) is 1. The van der Waals surface area contributed by atoms with E-state index in [-0.39, 0.29) is 30.0 Å². The van der Waals surface area contributed by atoms with E-state index in [1.807, 2.05) is 24.8 Å². The van der Waals surface area contributed by atoms with Crippen molar-refractivity contribution >= 4 is 11.7 Å². The van der Waals surface area contributed by atoms with Crippen LogP contribution >= 0.6 is 0 Å². The molecular formula is C36H41N5O. The van der Waals surface area contributed by atoms with Crippen molar-refractivity contribution in [1.82, 2.24) is 19.8 Å². The summed E-state index contributed by atoms with van der Waals surface area (Å²) in [7, 11) is 0. The molecule has 0 spiro atoms. The first-order valence-electron chi connectivity index (χ1n) is 15.5. The van der Waals surface area contributed by atoms with Gasteiger partial charge in [-0.3, -0.25) is 9.79 Å². The lowest BCUT2D eigenvalue weighted by Crippen LogP contribution is -2.54. The van der Waals surface area contributed by atoms with E-state index in [1.165, 1.54) is 36.0 Å². The second-order valence-corrected chi connectivity index (χ2v) is 11.6. The van der Waals surface area contributed by atoms with Crippen LogP contribution in [0, 0.1) is 0 Å². The molecular weight excluding hydrogens is 518 g/mol. The number of amidine groups is 1. The summed E-state index contributed by atoms with van der Waals surface area (Å²) < 4.78 is 2.11. The van der Waals surface area contributed by atoms with Crippen LogP contribution in [0.2, 0.25) is 0 Å². The average Bonchev–Trinajstić information content (AvgIpc) is 3.68. The highest BCUT2D eigenvalue weighted by Gasteiger charge is 2.44. The fourth-order valence-corrected chi connectivity index (χ4v) is 6.65. The van der Waals surface area contributed by atoms with Gasteiger partial charge in [-0.1, -0.05) is 110 Å².